The minimum atomic E-state index is -0.550. The predicted molar refractivity (Wildman–Crippen MR) is 54.4 cm³/mol. The summed E-state index contributed by atoms with van der Waals surface area (Å²) in [5.41, 5.74) is 7.76. The Hall–Kier alpha value is -0.860. The van der Waals surface area contributed by atoms with Crippen molar-refractivity contribution < 1.29 is 5.11 Å². The van der Waals surface area contributed by atoms with Gasteiger partial charge in [0.15, 0.2) is 0 Å². The van der Waals surface area contributed by atoms with Crippen LogP contribution in [0.25, 0.3) is 0 Å². The van der Waals surface area contributed by atoms with Crippen molar-refractivity contribution in [2.75, 3.05) is 0 Å². The number of aliphatic hydroxyl groups is 1. The van der Waals surface area contributed by atoms with Crippen molar-refractivity contribution >= 4 is 0 Å². The summed E-state index contributed by atoms with van der Waals surface area (Å²) in [5, 5.41) is 9.64. The molecule has 0 aliphatic rings. The van der Waals surface area contributed by atoms with Crippen LogP contribution in [0, 0.1) is 0 Å². The zero-order valence-corrected chi connectivity index (χ0v) is 8.20. The molecule has 2 atom stereocenters. The Morgan fingerprint density at radius 3 is 2.23 bits per heavy atom. The van der Waals surface area contributed by atoms with Crippen LogP contribution >= 0.6 is 0 Å². The fraction of sp³-hybridized carbons (Fsp3) is 0.455. The fourth-order valence-electron chi connectivity index (χ4n) is 1.25. The number of aryl methyl sites for hydroxylation is 1. The van der Waals surface area contributed by atoms with Gasteiger partial charge in [0.1, 0.15) is 0 Å². The van der Waals surface area contributed by atoms with Crippen molar-refractivity contribution in [3.63, 3.8) is 0 Å². The molecule has 0 aliphatic heterocycles. The molecule has 0 saturated heterocycles. The monoisotopic (exact) mass is 179 g/mol. The zero-order valence-electron chi connectivity index (χ0n) is 8.20. The summed E-state index contributed by atoms with van der Waals surface area (Å²) in [7, 11) is 0. The quantitative estimate of drug-likeness (QED) is 0.740. The van der Waals surface area contributed by atoms with Gasteiger partial charge in [-0.05, 0) is 24.5 Å². The first-order valence-corrected chi connectivity index (χ1v) is 4.67. The first-order valence-electron chi connectivity index (χ1n) is 4.67. The molecule has 2 nitrogen and oxygen atoms in total. The zero-order chi connectivity index (χ0) is 9.84. The lowest BCUT2D eigenvalue weighted by atomic mass is 10.0. The predicted octanol–water partition coefficient (Wildman–Crippen LogP) is 1.63. The van der Waals surface area contributed by atoms with E-state index in [0.29, 0.717) is 0 Å². The van der Waals surface area contributed by atoms with Gasteiger partial charge < -0.3 is 10.8 Å². The van der Waals surface area contributed by atoms with Crippen LogP contribution in [0.3, 0.4) is 0 Å². The molecule has 0 radical (unpaired) electrons. The van der Waals surface area contributed by atoms with Crippen LogP contribution < -0.4 is 5.73 Å². The van der Waals surface area contributed by atoms with E-state index in [1.807, 2.05) is 24.3 Å². The fourth-order valence-corrected chi connectivity index (χ4v) is 1.25. The van der Waals surface area contributed by atoms with Crippen LogP contribution in [0.2, 0.25) is 0 Å². The Kier molecular flexibility index (Phi) is 3.46. The molecule has 2 unspecified atom stereocenters. The van der Waals surface area contributed by atoms with Gasteiger partial charge in [0.2, 0.25) is 0 Å². The first kappa shape index (κ1) is 10.2. The Morgan fingerprint density at radius 1 is 1.31 bits per heavy atom. The molecule has 0 heterocycles. The second-order valence-corrected chi connectivity index (χ2v) is 3.40. The normalized spacial score (nSPS) is 15.4. The second kappa shape index (κ2) is 4.40. The molecule has 0 aromatic heterocycles. The molecule has 0 bridgehead atoms. The summed E-state index contributed by atoms with van der Waals surface area (Å²) >= 11 is 0. The Morgan fingerprint density at radius 2 is 1.85 bits per heavy atom. The average Bonchev–Trinajstić information content (AvgIpc) is 2.17. The van der Waals surface area contributed by atoms with E-state index in [2.05, 4.69) is 6.92 Å². The van der Waals surface area contributed by atoms with E-state index in [1.54, 1.807) is 6.92 Å². The Bertz CT molecular complexity index is 253. The number of aliphatic hydroxyl groups excluding tert-OH is 1. The van der Waals surface area contributed by atoms with Crippen molar-refractivity contribution in [1.29, 1.82) is 0 Å². The summed E-state index contributed by atoms with van der Waals surface area (Å²) < 4.78 is 0. The van der Waals surface area contributed by atoms with Gasteiger partial charge in [0.25, 0.3) is 0 Å². The SMILES string of the molecule is CCc1ccc(C(O)C(C)N)cc1. The maximum Gasteiger partial charge on any atom is 0.0938 e. The Balaban J connectivity index is 2.79. The van der Waals surface area contributed by atoms with Crippen molar-refractivity contribution in [1.82, 2.24) is 0 Å². The summed E-state index contributed by atoms with van der Waals surface area (Å²) in [5.74, 6) is 0. The lowest BCUT2D eigenvalue weighted by Gasteiger charge is -2.14. The van der Waals surface area contributed by atoms with E-state index in [1.165, 1.54) is 5.56 Å². The minimum absolute atomic E-state index is 0.215. The van der Waals surface area contributed by atoms with Crippen LogP contribution in [-0.4, -0.2) is 11.1 Å². The molecule has 3 N–H and O–H groups in total. The minimum Gasteiger partial charge on any atom is -0.387 e. The maximum atomic E-state index is 9.64. The highest BCUT2D eigenvalue weighted by Gasteiger charge is 2.11. The molecular formula is C11H17NO. The number of benzene rings is 1. The van der Waals surface area contributed by atoms with E-state index in [4.69, 9.17) is 5.73 Å². The van der Waals surface area contributed by atoms with Gasteiger partial charge in [-0.1, -0.05) is 31.2 Å². The third kappa shape index (κ3) is 2.54. The van der Waals surface area contributed by atoms with Gasteiger partial charge in [-0.3, -0.25) is 0 Å². The van der Waals surface area contributed by atoms with E-state index in [0.717, 1.165) is 12.0 Å². The van der Waals surface area contributed by atoms with Gasteiger partial charge in [0.05, 0.1) is 6.10 Å². The summed E-state index contributed by atoms with van der Waals surface area (Å²) in [6.45, 7) is 3.91. The third-order valence-corrected chi connectivity index (χ3v) is 2.23. The lowest BCUT2D eigenvalue weighted by molar-refractivity contribution is 0.153. The van der Waals surface area contributed by atoms with Crippen molar-refractivity contribution in [2.45, 2.75) is 32.4 Å². The molecule has 0 aliphatic carbocycles. The Labute approximate surface area is 79.4 Å². The molecule has 0 spiro atoms. The van der Waals surface area contributed by atoms with E-state index < -0.39 is 6.10 Å². The standard InChI is InChI=1S/C11H17NO/c1-3-9-4-6-10(7-5-9)11(13)8(2)12/h4-8,11,13H,3,12H2,1-2H3. The molecule has 0 saturated carbocycles. The maximum absolute atomic E-state index is 9.64. The summed E-state index contributed by atoms with van der Waals surface area (Å²) in [6, 6.07) is 7.72. The molecular weight excluding hydrogens is 162 g/mol. The highest BCUT2D eigenvalue weighted by atomic mass is 16.3. The number of rotatable bonds is 3. The summed E-state index contributed by atoms with van der Waals surface area (Å²) in [6.07, 6.45) is 0.472. The molecule has 2 heteroatoms. The van der Waals surface area contributed by atoms with Crippen LogP contribution in [-0.2, 0) is 6.42 Å². The van der Waals surface area contributed by atoms with Crippen molar-refractivity contribution in [3.8, 4) is 0 Å². The molecule has 0 amide bonds. The van der Waals surface area contributed by atoms with Gasteiger partial charge in [0, 0.05) is 6.04 Å². The van der Waals surface area contributed by atoms with E-state index in [9.17, 15) is 5.11 Å². The largest absolute Gasteiger partial charge is 0.387 e. The van der Waals surface area contributed by atoms with Gasteiger partial charge in [-0.2, -0.15) is 0 Å². The van der Waals surface area contributed by atoms with E-state index >= 15 is 0 Å². The third-order valence-electron chi connectivity index (χ3n) is 2.23. The van der Waals surface area contributed by atoms with Crippen molar-refractivity contribution in [3.05, 3.63) is 35.4 Å². The number of nitrogens with two attached hydrogens (primary N) is 1. The molecule has 1 rings (SSSR count). The highest BCUT2D eigenvalue weighted by Crippen LogP contribution is 2.16. The topological polar surface area (TPSA) is 46.2 Å². The van der Waals surface area contributed by atoms with Crippen LogP contribution in [0.5, 0.6) is 0 Å². The van der Waals surface area contributed by atoms with Crippen molar-refractivity contribution in [2.24, 2.45) is 5.73 Å². The molecule has 1 aromatic rings. The van der Waals surface area contributed by atoms with Crippen LogP contribution in [0.15, 0.2) is 24.3 Å². The van der Waals surface area contributed by atoms with Gasteiger partial charge in [-0.25, -0.2) is 0 Å². The molecule has 1 aromatic carbocycles. The molecule has 0 fully saturated rings. The lowest BCUT2D eigenvalue weighted by Crippen LogP contribution is -2.24. The van der Waals surface area contributed by atoms with Gasteiger partial charge >= 0.3 is 0 Å². The van der Waals surface area contributed by atoms with E-state index in [-0.39, 0.29) is 6.04 Å². The summed E-state index contributed by atoms with van der Waals surface area (Å²) in [4.78, 5) is 0. The van der Waals surface area contributed by atoms with Crippen LogP contribution in [0.1, 0.15) is 31.1 Å². The average molecular weight is 179 g/mol. The highest BCUT2D eigenvalue weighted by molar-refractivity contribution is 5.24. The van der Waals surface area contributed by atoms with Crippen LogP contribution in [0.4, 0.5) is 0 Å². The number of hydrogen-bond acceptors (Lipinski definition) is 2. The second-order valence-electron chi connectivity index (χ2n) is 3.40. The van der Waals surface area contributed by atoms with Gasteiger partial charge in [-0.15, -0.1) is 0 Å². The number of hydrogen-bond donors (Lipinski definition) is 2. The molecule has 72 valence electrons. The first-order chi connectivity index (χ1) is 6.15. The molecule has 13 heavy (non-hydrogen) atoms. The smallest absolute Gasteiger partial charge is 0.0938 e.